The van der Waals surface area contributed by atoms with E-state index in [1.165, 1.54) is 27.8 Å². The number of hydrogen-bond donors (Lipinski definition) is 0. The van der Waals surface area contributed by atoms with Crippen LogP contribution in [0.25, 0.3) is 5.57 Å². The van der Waals surface area contributed by atoms with Crippen LogP contribution in [0.2, 0.25) is 5.02 Å². The molecule has 186 valence electrons. The topological polar surface area (TPSA) is 29.5 Å². The van der Waals surface area contributed by atoms with Gasteiger partial charge in [0.25, 0.3) is 0 Å². The van der Waals surface area contributed by atoms with Crippen LogP contribution in [0.4, 0.5) is 0 Å². The molecule has 0 bridgehead atoms. The quantitative estimate of drug-likeness (QED) is 0.347. The lowest BCUT2D eigenvalue weighted by molar-refractivity contribution is -0.152. The minimum atomic E-state index is -0.589. The van der Waals surface area contributed by atoms with E-state index in [2.05, 4.69) is 59.5 Å². The zero-order valence-corrected chi connectivity index (χ0v) is 21.8. The van der Waals surface area contributed by atoms with Crippen molar-refractivity contribution in [2.45, 2.75) is 44.4 Å². The molecule has 0 aromatic heterocycles. The van der Waals surface area contributed by atoms with Crippen molar-refractivity contribution in [1.82, 2.24) is 4.90 Å². The summed E-state index contributed by atoms with van der Waals surface area (Å²) in [4.78, 5) is 15.6. The minimum absolute atomic E-state index is 0.110. The highest BCUT2D eigenvalue weighted by Gasteiger charge is 2.44. The van der Waals surface area contributed by atoms with E-state index in [1.807, 2.05) is 31.2 Å². The Balaban J connectivity index is 1.32. The van der Waals surface area contributed by atoms with Gasteiger partial charge in [-0.2, -0.15) is 0 Å². The van der Waals surface area contributed by atoms with E-state index < -0.39 is 5.41 Å². The summed E-state index contributed by atoms with van der Waals surface area (Å²) in [7, 11) is 0. The van der Waals surface area contributed by atoms with Crippen molar-refractivity contribution in [3.63, 3.8) is 0 Å². The fourth-order valence-corrected chi connectivity index (χ4v) is 5.96. The number of benzene rings is 3. The molecule has 3 aromatic rings. The minimum Gasteiger partial charge on any atom is -0.465 e. The second-order valence-electron chi connectivity index (χ2n) is 9.87. The number of carbonyl (C=O) groups is 1. The summed E-state index contributed by atoms with van der Waals surface area (Å²) in [6.07, 6.45) is 7.08. The van der Waals surface area contributed by atoms with Crippen LogP contribution >= 0.6 is 11.6 Å². The molecule has 4 heteroatoms. The van der Waals surface area contributed by atoms with Gasteiger partial charge in [-0.05, 0) is 97.6 Å². The number of rotatable bonds is 6. The number of piperidine rings is 1. The van der Waals surface area contributed by atoms with Crippen LogP contribution in [0.3, 0.4) is 0 Å². The summed E-state index contributed by atoms with van der Waals surface area (Å²) in [5, 5.41) is 0.685. The monoisotopic (exact) mass is 499 g/mol. The van der Waals surface area contributed by atoms with E-state index >= 15 is 0 Å². The summed E-state index contributed by atoms with van der Waals surface area (Å²) in [6.45, 7) is 5.00. The third-order valence-corrected chi connectivity index (χ3v) is 8.10. The van der Waals surface area contributed by atoms with Gasteiger partial charge in [0.05, 0.1) is 12.0 Å². The van der Waals surface area contributed by atoms with Gasteiger partial charge in [-0.25, -0.2) is 0 Å². The molecule has 3 nitrogen and oxygen atoms in total. The standard InChI is InChI=1S/C32H34ClNO2/c1-2-36-31(35)32(26-15-17-27(33)18-16-26)19-22-34(23-20-32)21-7-12-30-28-10-5-3-8-24(28)13-14-25-9-4-6-11-29(25)30/h3-6,8-12,15-18H,2,7,13-14,19-23H2,1H3. The van der Waals surface area contributed by atoms with Crippen molar-refractivity contribution in [1.29, 1.82) is 0 Å². The highest BCUT2D eigenvalue weighted by molar-refractivity contribution is 6.30. The Labute approximate surface area is 219 Å². The second-order valence-corrected chi connectivity index (χ2v) is 10.3. The Bertz CT molecular complexity index is 1190. The molecule has 36 heavy (non-hydrogen) atoms. The summed E-state index contributed by atoms with van der Waals surface area (Å²) >= 11 is 6.12. The van der Waals surface area contributed by atoms with Crippen LogP contribution in [0, 0.1) is 0 Å². The first-order chi connectivity index (χ1) is 17.6. The van der Waals surface area contributed by atoms with Gasteiger partial charge in [0.1, 0.15) is 0 Å². The molecule has 1 heterocycles. The Hall–Kier alpha value is -2.88. The highest BCUT2D eigenvalue weighted by Crippen LogP contribution is 2.38. The Morgan fingerprint density at radius 1 is 0.917 bits per heavy atom. The molecule has 0 saturated carbocycles. The number of ether oxygens (including phenoxy) is 1. The van der Waals surface area contributed by atoms with Crippen molar-refractivity contribution >= 4 is 23.1 Å². The number of halogens is 1. The average molecular weight is 500 g/mol. The normalized spacial score (nSPS) is 17.0. The van der Waals surface area contributed by atoms with Gasteiger partial charge >= 0.3 is 5.97 Å². The van der Waals surface area contributed by atoms with Crippen LogP contribution < -0.4 is 0 Å². The summed E-state index contributed by atoms with van der Waals surface area (Å²) < 4.78 is 5.54. The lowest BCUT2D eigenvalue weighted by atomic mass is 9.72. The zero-order chi connectivity index (χ0) is 25.0. The van der Waals surface area contributed by atoms with Crippen LogP contribution in [0.1, 0.15) is 54.0 Å². The maximum atomic E-state index is 13.1. The molecule has 0 atom stereocenters. The average Bonchev–Trinajstić information content (AvgIpc) is 3.07. The molecule has 2 aliphatic rings. The number of nitrogens with zero attached hydrogens (tertiary/aromatic N) is 1. The third-order valence-electron chi connectivity index (χ3n) is 7.85. The highest BCUT2D eigenvalue weighted by atomic mass is 35.5. The zero-order valence-electron chi connectivity index (χ0n) is 21.0. The van der Waals surface area contributed by atoms with Gasteiger partial charge < -0.3 is 9.64 Å². The van der Waals surface area contributed by atoms with Crippen LogP contribution in [0.15, 0.2) is 78.9 Å². The molecular weight excluding hydrogens is 466 g/mol. The van der Waals surface area contributed by atoms with Crippen molar-refractivity contribution < 1.29 is 9.53 Å². The molecule has 1 fully saturated rings. The molecule has 5 rings (SSSR count). The van der Waals surface area contributed by atoms with Crippen LogP contribution in [-0.4, -0.2) is 37.1 Å². The molecule has 0 radical (unpaired) electrons. The number of esters is 1. The smallest absolute Gasteiger partial charge is 0.316 e. The summed E-state index contributed by atoms with van der Waals surface area (Å²) in [5.74, 6) is -0.110. The summed E-state index contributed by atoms with van der Waals surface area (Å²) in [5.41, 5.74) is 7.38. The third kappa shape index (κ3) is 5.00. The fourth-order valence-electron chi connectivity index (χ4n) is 5.84. The largest absolute Gasteiger partial charge is 0.465 e. The van der Waals surface area contributed by atoms with E-state index in [0.29, 0.717) is 11.6 Å². The van der Waals surface area contributed by atoms with E-state index in [9.17, 15) is 4.79 Å². The maximum Gasteiger partial charge on any atom is 0.316 e. The molecule has 1 saturated heterocycles. The number of aryl methyl sites for hydroxylation is 2. The van der Waals surface area contributed by atoms with Gasteiger partial charge in [0.2, 0.25) is 0 Å². The molecule has 3 aromatic carbocycles. The van der Waals surface area contributed by atoms with E-state index in [0.717, 1.165) is 57.3 Å². The van der Waals surface area contributed by atoms with E-state index in [-0.39, 0.29) is 5.97 Å². The van der Waals surface area contributed by atoms with Crippen LogP contribution in [-0.2, 0) is 27.8 Å². The number of likely N-dealkylation sites (tertiary alicyclic amines) is 1. The molecule has 1 aliphatic carbocycles. The van der Waals surface area contributed by atoms with Gasteiger partial charge in [-0.3, -0.25) is 4.79 Å². The molecule has 0 N–H and O–H groups in total. The Kier molecular flexibility index (Phi) is 7.59. The Morgan fingerprint density at radius 2 is 1.50 bits per heavy atom. The van der Waals surface area contributed by atoms with Crippen molar-refractivity contribution in [2.24, 2.45) is 0 Å². The van der Waals surface area contributed by atoms with Gasteiger partial charge in [-0.1, -0.05) is 78.3 Å². The maximum absolute atomic E-state index is 13.1. The second kappa shape index (κ2) is 11.0. The Morgan fingerprint density at radius 3 is 2.08 bits per heavy atom. The van der Waals surface area contributed by atoms with Crippen molar-refractivity contribution in [3.8, 4) is 0 Å². The first kappa shape index (κ1) is 24.8. The summed E-state index contributed by atoms with van der Waals surface area (Å²) in [6, 6.07) is 25.4. The molecule has 0 unspecified atom stereocenters. The van der Waals surface area contributed by atoms with Gasteiger partial charge in [0.15, 0.2) is 0 Å². The van der Waals surface area contributed by atoms with Crippen LogP contribution in [0.5, 0.6) is 0 Å². The number of hydrogen-bond acceptors (Lipinski definition) is 3. The molecule has 0 amide bonds. The number of carbonyl (C=O) groups excluding carboxylic acids is 1. The SMILES string of the molecule is CCOC(=O)C1(c2ccc(Cl)cc2)CCN(CCC=C2c3ccccc3CCc3ccccc32)CC1. The lowest BCUT2D eigenvalue weighted by Crippen LogP contribution is -2.48. The predicted molar refractivity (Wildman–Crippen MR) is 147 cm³/mol. The molecular formula is C32H34ClNO2. The lowest BCUT2D eigenvalue weighted by Gasteiger charge is -2.40. The van der Waals surface area contributed by atoms with Crippen molar-refractivity contribution in [3.05, 3.63) is 112 Å². The van der Waals surface area contributed by atoms with E-state index in [4.69, 9.17) is 16.3 Å². The molecule has 1 aliphatic heterocycles. The number of fused-ring (bicyclic) bond motifs is 2. The van der Waals surface area contributed by atoms with E-state index in [1.54, 1.807) is 0 Å². The first-order valence-electron chi connectivity index (χ1n) is 13.1. The van der Waals surface area contributed by atoms with Gasteiger partial charge in [-0.15, -0.1) is 0 Å². The fraction of sp³-hybridized carbons (Fsp3) is 0.344. The molecule has 0 spiro atoms. The predicted octanol–water partition coefficient (Wildman–Crippen LogP) is 6.86. The van der Waals surface area contributed by atoms with Crippen molar-refractivity contribution in [2.75, 3.05) is 26.2 Å². The first-order valence-corrected chi connectivity index (χ1v) is 13.5. The van der Waals surface area contributed by atoms with Gasteiger partial charge in [0, 0.05) is 11.6 Å².